The normalized spacial score (nSPS) is 31.5. The van der Waals surface area contributed by atoms with Crippen LogP contribution in [0.4, 0.5) is 5.95 Å². The van der Waals surface area contributed by atoms with E-state index in [2.05, 4.69) is 20.1 Å². The van der Waals surface area contributed by atoms with Crippen molar-refractivity contribution >= 4 is 5.95 Å². The van der Waals surface area contributed by atoms with Gasteiger partial charge in [-0.3, -0.25) is 0 Å². The molecule has 1 aliphatic heterocycles. The van der Waals surface area contributed by atoms with Crippen molar-refractivity contribution in [3.05, 3.63) is 11.4 Å². The highest BCUT2D eigenvalue weighted by molar-refractivity contribution is 5.32. The van der Waals surface area contributed by atoms with Crippen molar-refractivity contribution in [1.82, 2.24) is 15.2 Å². The fourth-order valence-corrected chi connectivity index (χ4v) is 3.26. The van der Waals surface area contributed by atoms with Crippen LogP contribution in [0.25, 0.3) is 0 Å². The lowest BCUT2D eigenvalue weighted by Gasteiger charge is -2.29. The predicted molar refractivity (Wildman–Crippen MR) is 70.3 cm³/mol. The van der Waals surface area contributed by atoms with E-state index in [1.165, 1.54) is 19.3 Å². The number of rotatable bonds is 1. The van der Waals surface area contributed by atoms with Gasteiger partial charge in [-0.25, -0.2) is 4.98 Å². The van der Waals surface area contributed by atoms with E-state index in [4.69, 9.17) is 5.73 Å². The minimum Gasteiger partial charge on any atom is -0.339 e. The minimum absolute atomic E-state index is 0.355. The van der Waals surface area contributed by atoms with Crippen molar-refractivity contribution < 1.29 is 0 Å². The molecule has 2 aliphatic rings. The van der Waals surface area contributed by atoms with Gasteiger partial charge in [-0.05, 0) is 38.5 Å². The molecule has 0 amide bonds. The zero-order valence-electron chi connectivity index (χ0n) is 11.1. The Morgan fingerprint density at radius 3 is 2.67 bits per heavy atom. The van der Waals surface area contributed by atoms with Crippen molar-refractivity contribution in [3.63, 3.8) is 0 Å². The lowest BCUT2D eigenvalue weighted by Crippen LogP contribution is -2.38. The maximum absolute atomic E-state index is 6.23. The van der Waals surface area contributed by atoms with Crippen LogP contribution in [0.2, 0.25) is 0 Å². The van der Waals surface area contributed by atoms with Gasteiger partial charge < -0.3 is 10.6 Å². The number of anilines is 1. The fraction of sp³-hybridized carbons (Fsp3) is 0.769. The van der Waals surface area contributed by atoms with Crippen LogP contribution < -0.4 is 10.6 Å². The molecule has 5 heteroatoms. The molecular weight excluding hydrogens is 226 g/mol. The Hall–Kier alpha value is -1.23. The molecule has 1 aromatic rings. The van der Waals surface area contributed by atoms with Crippen LogP contribution in [0.15, 0.2) is 0 Å². The smallest absolute Gasteiger partial charge is 0.245 e. The maximum Gasteiger partial charge on any atom is 0.245 e. The summed E-state index contributed by atoms with van der Waals surface area (Å²) in [7, 11) is 0. The molecule has 0 radical (unpaired) electrons. The molecular formula is C13H21N5. The standard InChI is InChI=1S/C13H21N5/c1-8-9(2)16-17-13(15-8)18-6-10-4-3-5-12(14)11(10)7-18/h10-12H,3-7,14H2,1-2H3. The second-order valence-electron chi connectivity index (χ2n) is 5.71. The highest BCUT2D eigenvalue weighted by Gasteiger charge is 2.39. The predicted octanol–water partition coefficient (Wildman–Crippen LogP) is 1.05. The van der Waals surface area contributed by atoms with E-state index in [1.807, 2.05) is 13.8 Å². The van der Waals surface area contributed by atoms with Gasteiger partial charge in [0.15, 0.2) is 0 Å². The largest absolute Gasteiger partial charge is 0.339 e. The van der Waals surface area contributed by atoms with Crippen LogP contribution in [-0.2, 0) is 0 Å². The topological polar surface area (TPSA) is 67.9 Å². The van der Waals surface area contributed by atoms with Gasteiger partial charge in [-0.15, -0.1) is 5.10 Å². The van der Waals surface area contributed by atoms with Crippen LogP contribution in [0.3, 0.4) is 0 Å². The van der Waals surface area contributed by atoms with Crippen molar-refractivity contribution in [3.8, 4) is 0 Å². The third-order valence-electron chi connectivity index (χ3n) is 4.52. The van der Waals surface area contributed by atoms with Gasteiger partial charge in [0, 0.05) is 19.1 Å². The monoisotopic (exact) mass is 247 g/mol. The summed E-state index contributed by atoms with van der Waals surface area (Å²) in [5, 5.41) is 8.40. The quantitative estimate of drug-likeness (QED) is 0.803. The van der Waals surface area contributed by atoms with Crippen LogP contribution in [0, 0.1) is 25.7 Å². The summed E-state index contributed by atoms with van der Waals surface area (Å²) >= 11 is 0. The van der Waals surface area contributed by atoms with Gasteiger partial charge in [0.05, 0.1) is 11.4 Å². The molecule has 0 bridgehead atoms. The maximum atomic E-state index is 6.23. The summed E-state index contributed by atoms with van der Waals surface area (Å²) in [6.07, 6.45) is 3.73. The molecule has 1 saturated heterocycles. The minimum atomic E-state index is 0.355. The van der Waals surface area contributed by atoms with E-state index in [0.29, 0.717) is 12.0 Å². The third-order valence-corrected chi connectivity index (χ3v) is 4.52. The van der Waals surface area contributed by atoms with Crippen molar-refractivity contribution in [1.29, 1.82) is 0 Å². The van der Waals surface area contributed by atoms with Gasteiger partial charge in [-0.2, -0.15) is 5.10 Å². The van der Waals surface area contributed by atoms with Gasteiger partial charge in [0.25, 0.3) is 0 Å². The molecule has 0 aromatic carbocycles. The van der Waals surface area contributed by atoms with Crippen LogP contribution in [-0.4, -0.2) is 34.3 Å². The number of hydrogen-bond acceptors (Lipinski definition) is 5. The van der Waals surface area contributed by atoms with E-state index in [1.54, 1.807) is 0 Å². The average Bonchev–Trinajstić information content (AvgIpc) is 2.78. The highest BCUT2D eigenvalue weighted by atomic mass is 15.3. The number of aryl methyl sites for hydroxylation is 2. The van der Waals surface area contributed by atoms with E-state index >= 15 is 0 Å². The molecule has 2 heterocycles. The highest BCUT2D eigenvalue weighted by Crippen LogP contribution is 2.36. The van der Waals surface area contributed by atoms with E-state index in [0.717, 1.165) is 36.3 Å². The Balaban J connectivity index is 1.80. The molecule has 3 rings (SSSR count). The molecule has 1 aromatic heterocycles. The van der Waals surface area contributed by atoms with E-state index in [-0.39, 0.29) is 0 Å². The summed E-state index contributed by atoms with van der Waals surface area (Å²) < 4.78 is 0. The fourth-order valence-electron chi connectivity index (χ4n) is 3.26. The number of nitrogens with zero attached hydrogens (tertiary/aromatic N) is 4. The lowest BCUT2D eigenvalue weighted by molar-refractivity contribution is 0.260. The first kappa shape index (κ1) is 11.8. The van der Waals surface area contributed by atoms with Crippen molar-refractivity contribution in [2.45, 2.75) is 39.2 Å². The van der Waals surface area contributed by atoms with E-state index in [9.17, 15) is 0 Å². The first-order valence-electron chi connectivity index (χ1n) is 6.83. The molecule has 3 atom stereocenters. The number of fused-ring (bicyclic) bond motifs is 1. The van der Waals surface area contributed by atoms with Crippen LogP contribution in [0.5, 0.6) is 0 Å². The van der Waals surface area contributed by atoms with Gasteiger partial charge in [-0.1, -0.05) is 6.42 Å². The first-order chi connectivity index (χ1) is 8.65. The molecule has 5 nitrogen and oxygen atoms in total. The average molecular weight is 247 g/mol. The first-order valence-corrected chi connectivity index (χ1v) is 6.83. The Morgan fingerprint density at radius 2 is 1.94 bits per heavy atom. The van der Waals surface area contributed by atoms with Gasteiger partial charge in [0.1, 0.15) is 0 Å². The zero-order chi connectivity index (χ0) is 12.7. The van der Waals surface area contributed by atoms with E-state index < -0.39 is 0 Å². The second kappa shape index (κ2) is 4.46. The molecule has 3 unspecified atom stereocenters. The molecule has 0 spiro atoms. The Bertz CT molecular complexity index is 447. The molecule has 18 heavy (non-hydrogen) atoms. The molecule has 1 aliphatic carbocycles. The summed E-state index contributed by atoms with van der Waals surface area (Å²) in [5.74, 6) is 2.11. The zero-order valence-corrected chi connectivity index (χ0v) is 11.1. The Kier molecular flexibility index (Phi) is 2.93. The van der Waals surface area contributed by atoms with Crippen LogP contribution >= 0.6 is 0 Å². The third kappa shape index (κ3) is 1.96. The lowest BCUT2D eigenvalue weighted by atomic mass is 9.78. The van der Waals surface area contributed by atoms with Crippen molar-refractivity contribution in [2.24, 2.45) is 17.6 Å². The Morgan fingerprint density at radius 1 is 1.11 bits per heavy atom. The SMILES string of the molecule is Cc1nnc(N2CC3CCCC(N)C3C2)nc1C. The molecule has 2 fully saturated rings. The molecule has 1 saturated carbocycles. The van der Waals surface area contributed by atoms with Crippen molar-refractivity contribution in [2.75, 3.05) is 18.0 Å². The summed E-state index contributed by atoms with van der Waals surface area (Å²) in [6, 6.07) is 0.355. The van der Waals surface area contributed by atoms with Crippen LogP contribution in [0.1, 0.15) is 30.7 Å². The number of aromatic nitrogens is 3. The number of hydrogen-bond donors (Lipinski definition) is 1. The summed E-state index contributed by atoms with van der Waals surface area (Å²) in [4.78, 5) is 6.81. The summed E-state index contributed by atoms with van der Waals surface area (Å²) in [5.41, 5.74) is 8.11. The van der Waals surface area contributed by atoms with Gasteiger partial charge >= 0.3 is 0 Å². The second-order valence-corrected chi connectivity index (χ2v) is 5.71. The Labute approximate surface area is 108 Å². The van der Waals surface area contributed by atoms with Gasteiger partial charge in [0.2, 0.25) is 5.95 Å². The summed E-state index contributed by atoms with van der Waals surface area (Å²) in [6.45, 7) is 5.97. The molecule has 98 valence electrons. The molecule has 2 N–H and O–H groups in total. The number of nitrogens with two attached hydrogens (primary N) is 1.